The van der Waals surface area contributed by atoms with Crippen molar-refractivity contribution in [2.24, 2.45) is 0 Å². The molecule has 0 aliphatic carbocycles. The van der Waals surface area contributed by atoms with Crippen LogP contribution in [0.4, 0.5) is 10.1 Å². The van der Waals surface area contributed by atoms with E-state index < -0.39 is 17.6 Å². The van der Waals surface area contributed by atoms with Crippen LogP contribution in [-0.2, 0) is 9.59 Å². The predicted octanol–water partition coefficient (Wildman–Crippen LogP) is 3.31. The Hall–Kier alpha value is -2.57. The number of carbonyl (C=O) groups is 2. The summed E-state index contributed by atoms with van der Waals surface area (Å²) in [6, 6.07) is 12.0. The number of nitrogens with zero attached hydrogens (tertiary/aromatic N) is 1. The molecule has 0 bridgehead atoms. The highest BCUT2D eigenvalue weighted by atomic mass is 35.5. The molecule has 1 fully saturated rings. The molecular weight excluding hydrogens is 351 g/mol. The highest BCUT2D eigenvalue weighted by Gasteiger charge is 2.34. The largest absolute Gasteiger partial charge is 0.298 e. The summed E-state index contributed by atoms with van der Waals surface area (Å²) in [6.45, 7) is 0. The van der Waals surface area contributed by atoms with Crippen molar-refractivity contribution in [3.05, 3.63) is 70.5 Å². The van der Waals surface area contributed by atoms with Gasteiger partial charge in [-0.15, -0.1) is 0 Å². The molecular formula is C17H10ClFN2O2S. The van der Waals surface area contributed by atoms with Crippen LogP contribution in [0.3, 0.4) is 0 Å². The van der Waals surface area contributed by atoms with Crippen molar-refractivity contribution >= 4 is 52.5 Å². The van der Waals surface area contributed by atoms with Crippen LogP contribution >= 0.6 is 23.8 Å². The van der Waals surface area contributed by atoms with Gasteiger partial charge in [0.25, 0.3) is 11.8 Å². The van der Waals surface area contributed by atoms with Crippen LogP contribution in [-0.4, -0.2) is 16.9 Å². The molecule has 7 heteroatoms. The first kappa shape index (κ1) is 16.3. The summed E-state index contributed by atoms with van der Waals surface area (Å²) in [7, 11) is 0. The van der Waals surface area contributed by atoms with Crippen molar-refractivity contribution in [3.8, 4) is 0 Å². The monoisotopic (exact) mass is 360 g/mol. The van der Waals surface area contributed by atoms with Gasteiger partial charge in [-0.05, 0) is 54.2 Å². The first-order valence-corrected chi connectivity index (χ1v) is 7.67. The lowest BCUT2D eigenvalue weighted by Gasteiger charge is -2.29. The van der Waals surface area contributed by atoms with Crippen molar-refractivity contribution in [2.75, 3.05) is 4.90 Å². The van der Waals surface area contributed by atoms with E-state index in [2.05, 4.69) is 5.32 Å². The normalized spacial score (nSPS) is 16.5. The number of thiocarbonyl (C=S) groups is 1. The minimum Gasteiger partial charge on any atom is -0.298 e. The molecule has 1 saturated heterocycles. The van der Waals surface area contributed by atoms with Crippen molar-refractivity contribution < 1.29 is 14.0 Å². The Bertz CT molecular complexity index is 880. The quantitative estimate of drug-likeness (QED) is 0.508. The molecule has 1 aliphatic heterocycles. The molecule has 4 nitrogen and oxygen atoms in total. The lowest BCUT2D eigenvalue weighted by molar-refractivity contribution is -0.122. The molecule has 2 amide bonds. The number of hydrogen-bond donors (Lipinski definition) is 1. The molecule has 0 atom stereocenters. The molecule has 120 valence electrons. The molecule has 1 aliphatic rings. The van der Waals surface area contributed by atoms with E-state index in [1.807, 2.05) is 0 Å². The first-order chi connectivity index (χ1) is 11.5. The van der Waals surface area contributed by atoms with Gasteiger partial charge in [0.15, 0.2) is 5.11 Å². The Morgan fingerprint density at radius 1 is 1.12 bits per heavy atom. The molecule has 2 aromatic rings. The zero-order chi connectivity index (χ0) is 17.3. The van der Waals surface area contributed by atoms with Crippen molar-refractivity contribution in [3.63, 3.8) is 0 Å². The van der Waals surface area contributed by atoms with Crippen molar-refractivity contribution in [1.82, 2.24) is 5.32 Å². The Labute approximate surface area is 147 Å². The van der Waals surface area contributed by atoms with Gasteiger partial charge in [-0.1, -0.05) is 29.8 Å². The van der Waals surface area contributed by atoms with E-state index >= 15 is 0 Å². The Morgan fingerprint density at radius 3 is 2.50 bits per heavy atom. The highest BCUT2D eigenvalue weighted by molar-refractivity contribution is 7.80. The summed E-state index contributed by atoms with van der Waals surface area (Å²) in [4.78, 5) is 26.0. The van der Waals surface area contributed by atoms with Gasteiger partial charge in [-0.3, -0.25) is 19.8 Å². The van der Waals surface area contributed by atoms with Crippen molar-refractivity contribution in [1.29, 1.82) is 0 Å². The van der Waals surface area contributed by atoms with Crippen LogP contribution < -0.4 is 10.2 Å². The smallest absolute Gasteiger partial charge is 0.270 e. The number of rotatable bonds is 2. The summed E-state index contributed by atoms with van der Waals surface area (Å²) in [5.74, 6) is -1.58. The third-order valence-electron chi connectivity index (χ3n) is 3.35. The number of hydrogen-bond acceptors (Lipinski definition) is 3. The average Bonchev–Trinajstić information content (AvgIpc) is 2.53. The van der Waals surface area contributed by atoms with Gasteiger partial charge in [0.2, 0.25) is 0 Å². The second-order valence-electron chi connectivity index (χ2n) is 4.99. The standard InChI is InChI=1S/C17H10ClFN2O2S/c18-11-2-1-3-13(9-11)21-16(23)14(15(22)20-17(21)24)8-10-4-6-12(19)7-5-10/h1-9H,(H,20,22,24). The third kappa shape index (κ3) is 3.20. The summed E-state index contributed by atoms with van der Waals surface area (Å²) in [6.07, 6.45) is 1.39. The Kier molecular flexibility index (Phi) is 4.42. The lowest BCUT2D eigenvalue weighted by atomic mass is 10.1. The van der Waals surface area contributed by atoms with Gasteiger partial charge in [-0.25, -0.2) is 4.39 Å². The maximum atomic E-state index is 13.0. The maximum absolute atomic E-state index is 13.0. The Morgan fingerprint density at radius 2 is 1.83 bits per heavy atom. The van der Waals surface area contributed by atoms with Gasteiger partial charge < -0.3 is 0 Å². The van der Waals surface area contributed by atoms with E-state index in [1.54, 1.807) is 24.3 Å². The minimum atomic E-state index is -0.604. The molecule has 0 saturated carbocycles. The maximum Gasteiger partial charge on any atom is 0.270 e. The second-order valence-corrected chi connectivity index (χ2v) is 5.81. The van der Waals surface area contributed by atoms with E-state index in [9.17, 15) is 14.0 Å². The topological polar surface area (TPSA) is 49.4 Å². The molecule has 0 unspecified atom stereocenters. The summed E-state index contributed by atoms with van der Waals surface area (Å²) in [5, 5.41) is 2.88. The molecule has 3 rings (SSSR count). The van der Waals surface area contributed by atoms with E-state index in [0.29, 0.717) is 16.3 Å². The number of carbonyl (C=O) groups excluding carboxylic acids is 2. The second kappa shape index (κ2) is 6.51. The van der Waals surface area contributed by atoms with E-state index in [4.69, 9.17) is 23.8 Å². The average molecular weight is 361 g/mol. The zero-order valence-electron chi connectivity index (χ0n) is 12.1. The molecule has 2 aromatic carbocycles. The molecule has 24 heavy (non-hydrogen) atoms. The van der Waals surface area contributed by atoms with Crippen LogP contribution in [0.15, 0.2) is 54.1 Å². The fourth-order valence-electron chi connectivity index (χ4n) is 2.23. The van der Waals surface area contributed by atoms with E-state index in [-0.39, 0.29) is 10.7 Å². The van der Waals surface area contributed by atoms with Crippen LogP contribution in [0.1, 0.15) is 5.56 Å². The number of anilines is 1. The van der Waals surface area contributed by atoms with Gasteiger partial charge in [0.1, 0.15) is 11.4 Å². The van der Waals surface area contributed by atoms with Gasteiger partial charge in [-0.2, -0.15) is 0 Å². The number of benzene rings is 2. The predicted molar refractivity (Wildman–Crippen MR) is 94.1 cm³/mol. The first-order valence-electron chi connectivity index (χ1n) is 6.88. The molecule has 0 spiro atoms. The van der Waals surface area contributed by atoms with Crippen LogP contribution in [0.2, 0.25) is 5.02 Å². The summed E-state index contributed by atoms with van der Waals surface area (Å²) >= 11 is 11.0. The van der Waals surface area contributed by atoms with E-state index in [1.165, 1.54) is 35.2 Å². The fraction of sp³-hybridized carbons (Fsp3) is 0. The summed E-state index contributed by atoms with van der Waals surface area (Å²) < 4.78 is 13.0. The van der Waals surface area contributed by atoms with Crippen LogP contribution in [0.5, 0.6) is 0 Å². The highest BCUT2D eigenvalue weighted by Crippen LogP contribution is 2.24. The molecule has 1 heterocycles. The Balaban J connectivity index is 2.01. The molecule has 1 N–H and O–H groups in total. The van der Waals surface area contributed by atoms with Crippen molar-refractivity contribution in [2.45, 2.75) is 0 Å². The minimum absolute atomic E-state index is 0.0245. The molecule has 0 aromatic heterocycles. The summed E-state index contributed by atoms with van der Waals surface area (Å²) in [5.41, 5.74) is 0.867. The number of nitrogens with one attached hydrogen (secondary N) is 1. The fourth-order valence-corrected chi connectivity index (χ4v) is 2.70. The lowest BCUT2D eigenvalue weighted by Crippen LogP contribution is -2.54. The molecule has 0 radical (unpaired) electrons. The van der Waals surface area contributed by atoms with E-state index in [0.717, 1.165) is 0 Å². The van der Waals surface area contributed by atoms with Gasteiger partial charge >= 0.3 is 0 Å². The SMILES string of the molecule is O=C1NC(=S)N(c2cccc(Cl)c2)C(=O)C1=Cc1ccc(F)cc1. The number of amides is 2. The van der Waals surface area contributed by atoms with Crippen LogP contribution in [0.25, 0.3) is 6.08 Å². The number of halogens is 2. The van der Waals surface area contributed by atoms with Gasteiger partial charge in [0, 0.05) is 5.02 Å². The van der Waals surface area contributed by atoms with Gasteiger partial charge in [0.05, 0.1) is 5.69 Å². The van der Waals surface area contributed by atoms with Crippen LogP contribution in [0, 0.1) is 5.82 Å². The third-order valence-corrected chi connectivity index (χ3v) is 3.87. The zero-order valence-corrected chi connectivity index (χ0v) is 13.7.